The van der Waals surface area contributed by atoms with E-state index in [0.717, 1.165) is 5.56 Å². The molecule has 1 atom stereocenters. The van der Waals surface area contributed by atoms with Gasteiger partial charge in [-0.2, -0.15) is 0 Å². The zero-order valence-corrected chi connectivity index (χ0v) is 8.94. The van der Waals surface area contributed by atoms with E-state index in [4.69, 9.17) is 5.11 Å². The third kappa shape index (κ3) is 4.13. The molecule has 0 aliphatic rings. The molecule has 15 heavy (non-hydrogen) atoms. The SMILES string of the molecule is CC(CCO)C(=O)NCc1ccccc1. The lowest BCUT2D eigenvalue weighted by Gasteiger charge is -2.10. The summed E-state index contributed by atoms with van der Waals surface area (Å²) in [6.45, 7) is 2.42. The van der Waals surface area contributed by atoms with E-state index >= 15 is 0 Å². The van der Waals surface area contributed by atoms with Crippen molar-refractivity contribution in [3.8, 4) is 0 Å². The molecule has 1 rings (SSSR count). The van der Waals surface area contributed by atoms with Gasteiger partial charge >= 0.3 is 0 Å². The van der Waals surface area contributed by atoms with Crippen LogP contribution in [0.4, 0.5) is 0 Å². The third-order valence-corrected chi connectivity index (χ3v) is 2.32. The van der Waals surface area contributed by atoms with Gasteiger partial charge in [0.15, 0.2) is 0 Å². The molecule has 3 nitrogen and oxygen atoms in total. The Hall–Kier alpha value is -1.35. The van der Waals surface area contributed by atoms with Crippen molar-refractivity contribution in [2.45, 2.75) is 19.9 Å². The van der Waals surface area contributed by atoms with E-state index in [1.165, 1.54) is 0 Å². The van der Waals surface area contributed by atoms with Gasteiger partial charge < -0.3 is 10.4 Å². The molecule has 0 heterocycles. The number of hydrogen-bond donors (Lipinski definition) is 2. The lowest BCUT2D eigenvalue weighted by atomic mass is 10.1. The van der Waals surface area contributed by atoms with Crippen molar-refractivity contribution >= 4 is 5.91 Å². The van der Waals surface area contributed by atoms with Crippen molar-refractivity contribution < 1.29 is 9.90 Å². The lowest BCUT2D eigenvalue weighted by Crippen LogP contribution is -2.29. The molecule has 2 N–H and O–H groups in total. The summed E-state index contributed by atoms with van der Waals surface area (Å²) in [5.74, 6) is -0.133. The first-order valence-electron chi connectivity index (χ1n) is 5.16. The fraction of sp³-hybridized carbons (Fsp3) is 0.417. The maximum Gasteiger partial charge on any atom is 0.223 e. The number of benzene rings is 1. The van der Waals surface area contributed by atoms with E-state index in [-0.39, 0.29) is 18.4 Å². The Morgan fingerprint density at radius 2 is 2.07 bits per heavy atom. The largest absolute Gasteiger partial charge is 0.396 e. The second-order valence-corrected chi connectivity index (χ2v) is 3.62. The second kappa shape index (κ2) is 6.19. The number of amides is 1. The molecule has 0 aromatic heterocycles. The molecule has 0 bridgehead atoms. The highest BCUT2D eigenvalue weighted by molar-refractivity contribution is 5.78. The average Bonchev–Trinajstić information content (AvgIpc) is 2.27. The van der Waals surface area contributed by atoms with Gasteiger partial charge in [-0.3, -0.25) is 4.79 Å². The van der Waals surface area contributed by atoms with Crippen molar-refractivity contribution in [2.24, 2.45) is 5.92 Å². The number of hydrogen-bond acceptors (Lipinski definition) is 2. The average molecular weight is 207 g/mol. The molecule has 0 fully saturated rings. The fourth-order valence-electron chi connectivity index (χ4n) is 1.28. The summed E-state index contributed by atoms with van der Waals surface area (Å²) in [4.78, 5) is 11.5. The van der Waals surface area contributed by atoms with Crippen molar-refractivity contribution in [3.63, 3.8) is 0 Å². The van der Waals surface area contributed by atoms with E-state index in [0.29, 0.717) is 13.0 Å². The van der Waals surface area contributed by atoms with Crippen molar-refractivity contribution in [3.05, 3.63) is 35.9 Å². The summed E-state index contributed by atoms with van der Waals surface area (Å²) in [5.41, 5.74) is 1.09. The van der Waals surface area contributed by atoms with Gasteiger partial charge in [0.05, 0.1) is 0 Å². The molecule has 0 radical (unpaired) electrons. The van der Waals surface area contributed by atoms with E-state index in [9.17, 15) is 4.79 Å². The van der Waals surface area contributed by atoms with Crippen LogP contribution in [0.2, 0.25) is 0 Å². The fourth-order valence-corrected chi connectivity index (χ4v) is 1.28. The molecule has 3 heteroatoms. The van der Waals surface area contributed by atoms with Crippen LogP contribution < -0.4 is 5.32 Å². The lowest BCUT2D eigenvalue weighted by molar-refractivity contribution is -0.125. The first-order chi connectivity index (χ1) is 7.24. The molecule has 0 aliphatic carbocycles. The van der Waals surface area contributed by atoms with Crippen LogP contribution in [0, 0.1) is 5.92 Å². The molecule has 0 aliphatic heterocycles. The van der Waals surface area contributed by atoms with E-state index in [1.54, 1.807) is 0 Å². The van der Waals surface area contributed by atoms with Gasteiger partial charge in [0.1, 0.15) is 0 Å². The number of aliphatic hydroxyl groups is 1. The van der Waals surface area contributed by atoms with E-state index in [2.05, 4.69) is 5.32 Å². The monoisotopic (exact) mass is 207 g/mol. The molecule has 0 saturated heterocycles. The number of carbonyl (C=O) groups excluding carboxylic acids is 1. The van der Waals surface area contributed by atoms with Crippen LogP contribution in [-0.4, -0.2) is 17.6 Å². The Bertz CT molecular complexity index is 298. The number of nitrogens with one attached hydrogen (secondary N) is 1. The minimum atomic E-state index is -0.126. The molecular formula is C12H17NO2. The van der Waals surface area contributed by atoms with Crippen molar-refractivity contribution in [1.82, 2.24) is 5.32 Å². The van der Waals surface area contributed by atoms with Gasteiger partial charge in [-0.1, -0.05) is 37.3 Å². The minimum Gasteiger partial charge on any atom is -0.396 e. The molecule has 1 unspecified atom stereocenters. The zero-order valence-electron chi connectivity index (χ0n) is 8.94. The Kier molecular flexibility index (Phi) is 4.84. The molecule has 82 valence electrons. The molecule has 1 aromatic carbocycles. The van der Waals surface area contributed by atoms with Crippen LogP contribution in [0.3, 0.4) is 0 Å². The quantitative estimate of drug-likeness (QED) is 0.765. The number of aliphatic hydroxyl groups excluding tert-OH is 1. The molecule has 1 aromatic rings. The summed E-state index contributed by atoms with van der Waals surface area (Å²) in [7, 11) is 0. The first kappa shape index (κ1) is 11.7. The van der Waals surface area contributed by atoms with Crippen molar-refractivity contribution in [1.29, 1.82) is 0 Å². The maximum absolute atomic E-state index is 11.5. The smallest absolute Gasteiger partial charge is 0.223 e. The van der Waals surface area contributed by atoms with Gasteiger partial charge in [0.2, 0.25) is 5.91 Å². The predicted molar refractivity (Wildman–Crippen MR) is 59.2 cm³/mol. The molecule has 0 saturated carbocycles. The Labute approximate surface area is 90.1 Å². The van der Waals surface area contributed by atoms with Crippen LogP contribution >= 0.6 is 0 Å². The second-order valence-electron chi connectivity index (χ2n) is 3.62. The van der Waals surface area contributed by atoms with Crippen LogP contribution in [0.25, 0.3) is 0 Å². The standard InChI is InChI=1S/C12H17NO2/c1-10(7-8-14)12(15)13-9-11-5-3-2-4-6-11/h2-6,10,14H,7-9H2,1H3,(H,13,15). The normalized spacial score (nSPS) is 12.1. The predicted octanol–water partition coefficient (Wildman–Crippen LogP) is 1.32. The summed E-state index contributed by atoms with van der Waals surface area (Å²) >= 11 is 0. The summed E-state index contributed by atoms with van der Waals surface area (Å²) in [6.07, 6.45) is 0.515. The van der Waals surface area contributed by atoms with Crippen molar-refractivity contribution in [2.75, 3.05) is 6.61 Å². The highest BCUT2D eigenvalue weighted by Crippen LogP contribution is 2.02. The Morgan fingerprint density at radius 1 is 1.40 bits per heavy atom. The topological polar surface area (TPSA) is 49.3 Å². The van der Waals surface area contributed by atoms with Crippen LogP contribution in [0.1, 0.15) is 18.9 Å². The maximum atomic E-state index is 11.5. The Morgan fingerprint density at radius 3 is 2.67 bits per heavy atom. The van der Waals surface area contributed by atoms with Gasteiger partial charge in [0, 0.05) is 19.1 Å². The third-order valence-electron chi connectivity index (χ3n) is 2.32. The number of rotatable bonds is 5. The Balaban J connectivity index is 2.34. The molecule has 0 spiro atoms. The van der Waals surface area contributed by atoms with Crippen LogP contribution in [-0.2, 0) is 11.3 Å². The van der Waals surface area contributed by atoms with Gasteiger partial charge in [-0.25, -0.2) is 0 Å². The zero-order chi connectivity index (χ0) is 11.1. The first-order valence-corrected chi connectivity index (χ1v) is 5.16. The van der Waals surface area contributed by atoms with Crippen LogP contribution in [0.15, 0.2) is 30.3 Å². The van der Waals surface area contributed by atoms with E-state index in [1.807, 2.05) is 37.3 Å². The summed E-state index contributed by atoms with van der Waals surface area (Å²) in [6, 6.07) is 9.77. The molecular weight excluding hydrogens is 190 g/mol. The van der Waals surface area contributed by atoms with Gasteiger partial charge in [-0.05, 0) is 12.0 Å². The number of carbonyl (C=O) groups is 1. The van der Waals surface area contributed by atoms with Gasteiger partial charge in [0.25, 0.3) is 0 Å². The highest BCUT2D eigenvalue weighted by atomic mass is 16.3. The van der Waals surface area contributed by atoms with Gasteiger partial charge in [-0.15, -0.1) is 0 Å². The van der Waals surface area contributed by atoms with E-state index < -0.39 is 0 Å². The summed E-state index contributed by atoms with van der Waals surface area (Å²) < 4.78 is 0. The van der Waals surface area contributed by atoms with Crippen LogP contribution in [0.5, 0.6) is 0 Å². The summed E-state index contributed by atoms with van der Waals surface area (Å²) in [5, 5.41) is 11.5. The molecule has 1 amide bonds. The highest BCUT2D eigenvalue weighted by Gasteiger charge is 2.10. The minimum absolute atomic E-state index is 0.00657.